The van der Waals surface area contributed by atoms with Gasteiger partial charge in [0.15, 0.2) is 0 Å². The summed E-state index contributed by atoms with van der Waals surface area (Å²) in [5.41, 5.74) is 5.52. The maximum absolute atomic E-state index is 11.9. The fourth-order valence-electron chi connectivity index (χ4n) is 2.11. The minimum absolute atomic E-state index is 0.315. The third kappa shape index (κ3) is 3.52. The molecule has 6 heteroatoms. The van der Waals surface area contributed by atoms with Crippen LogP contribution < -0.4 is 5.43 Å². The number of benzene rings is 1. The number of nitrogens with one attached hydrogen (secondary N) is 1. The van der Waals surface area contributed by atoms with Gasteiger partial charge >= 0.3 is 0 Å². The lowest BCUT2D eigenvalue weighted by Gasteiger charge is -2.03. The van der Waals surface area contributed by atoms with E-state index in [4.69, 9.17) is 11.6 Å². The molecular formula is C17H13ClN4O. The number of pyridine rings is 2. The van der Waals surface area contributed by atoms with Gasteiger partial charge in [-0.3, -0.25) is 9.78 Å². The highest BCUT2D eigenvalue weighted by atomic mass is 35.5. The molecule has 0 unspecified atom stereocenters. The first-order valence-electron chi connectivity index (χ1n) is 6.94. The van der Waals surface area contributed by atoms with Gasteiger partial charge in [-0.25, -0.2) is 10.4 Å². The second-order valence-electron chi connectivity index (χ2n) is 5.00. The summed E-state index contributed by atoms with van der Waals surface area (Å²) in [7, 11) is 0. The Balaban J connectivity index is 1.80. The number of halogens is 1. The molecule has 0 bridgehead atoms. The van der Waals surface area contributed by atoms with E-state index < -0.39 is 0 Å². The number of carbonyl (C=O) groups is 1. The predicted molar refractivity (Wildman–Crippen MR) is 90.8 cm³/mol. The highest BCUT2D eigenvalue weighted by Crippen LogP contribution is 2.20. The molecule has 1 N–H and O–H groups in total. The number of hydrazone groups is 1. The number of aromatic nitrogens is 2. The molecule has 0 fully saturated rings. The van der Waals surface area contributed by atoms with Crippen LogP contribution in [0.4, 0.5) is 0 Å². The molecule has 2 heterocycles. The molecule has 0 saturated heterocycles. The van der Waals surface area contributed by atoms with E-state index in [9.17, 15) is 4.79 Å². The summed E-state index contributed by atoms with van der Waals surface area (Å²) in [6.45, 7) is 2.01. The summed E-state index contributed by atoms with van der Waals surface area (Å²) in [5, 5.41) is 5.24. The van der Waals surface area contributed by atoms with Crippen LogP contribution in [0.1, 0.15) is 21.5 Å². The number of amides is 1. The number of aryl methyl sites for hydroxylation is 1. The van der Waals surface area contributed by atoms with Crippen molar-refractivity contribution < 1.29 is 4.79 Å². The first-order chi connectivity index (χ1) is 11.1. The lowest BCUT2D eigenvalue weighted by atomic mass is 10.1. The number of carbonyl (C=O) groups excluding carboxylic acids is 1. The third-order valence-electron chi connectivity index (χ3n) is 3.26. The Morgan fingerprint density at radius 3 is 2.78 bits per heavy atom. The molecule has 1 aromatic carbocycles. The van der Waals surface area contributed by atoms with Crippen molar-refractivity contribution in [2.75, 3.05) is 0 Å². The molecule has 0 radical (unpaired) electrons. The van der Waals surface area contributed by atoms with E-state index in [1.54, 1.807) is 24.5 Å². The summed E-state index contributed by atoms with van der Waals surface area (Å²) in [4.78, 5) is 20.1. The maximum atomic E-state index is 11.9. The average molecular weight is 325 g/mol. The number of nitrogens with zero attached hydrogens (tertiary/aromatic N) is 3. The lowest BCUT2D eigenvalue weighted by molar-refractivity contribution is 0.0955. The quantitative estimate of drug-likeness (QED) is 0.456. The number of hydrogen-bond acceptors (Lipinski definition) is 4. The Kier molecular flexibility index (Phi) is 4.30. The van der Waals surface area contributed by atoms with E-state index in [1.165, 1.54) is 6.21 Å². The maximum Gasteiger partial charge on any atom is 0.271 e. The number of rotatable bonds is 3. The van der Waals surface area contributed by atoms with Crippen molar-refractivity contribution in [1.29, 1.82) is 0 Å². The fraction of sp³-hybridized carbons (Fsp3) is 0.0588. The van der Waals surface area contributed by atoms with Gasteiger partial charge in [0.05, 0.1) is 11.7 Å². The summed E-state index contributed by atoms with van der Waals surface area (Å²) < 4.78 is 0. The fourth-order valence-corrected chi connectivity index (χ4v) is 2.30. The van der Waals surface area contributed by atoms with Crippen molar-refractivity contribution in [2.45, 2.75) is 6.92 Å². The van der Waals surface area contributed by atoms with Crippen molar-refractivity contribution in [2.24, 2.45) is 5.10 Å². The van der Waals surface area contributed by atoms with Crippen LogP contribution in [0.2, 0.25) is 5.15 Å². The highest BCUT2D eigenvalue weighted by Gasteiger charge is 2.05. The van der Waals surface area contributed by atoms with Gasteiger partial charge in [-0.2, -0.15) is 5.10 Å². The van der Waals surface area contributed by atoms with Crippen molar-refractivity contribution >= 4 is 34.6 Å². The number of hydrogen-bond donors (Lipinski definition) is 1. The van der Waals surface area contributed by atoms with Crippen LogP contribution in [0.15, 0.2) is 53.9 Å². The standard InChI is InChI=1S/C17H13ClN4O/c1-11-2-3-15-13(8-11)9-14(16(18)21-15)10-20-22-17(23)12-4-6-19-7-5-12/h2-10H,1H3,(H,22,23)/b20-10-. The largest absolute Gasteiger partial charge is 0.271 e. The Hall–Kier alpha value is -2.79. The van der Waals surface area contributed by atoms with Crippen molar-refractivity contribution in [3.8, 4) is 0 Å². The minimum atomic E-state index is -0.315. The SMILES string of the molecule is Cc1ccc2nc(Cl)c(/C=N\NC(=O)c3ccncc3)cc2c1. The summed E-state index contributed by atoms with van der Waals surface area (Å²) >= 11 is 6.15. The zero-order chi connectivity index (χ0) is 16.2. The topological polar surface area (TPSA) is 67.2 Å². The number of fused-ring (bicyclic) bond motifs is 1. The van der Waals surface area contributed by atoms with Crippen LogP contribution in [0.5, 0.6) is 0 Å². The third-order valence-corrected chi connectivity index (χ3v) is 3.57. The van der Waals surface area contributed by atoms with Crippen molar-refractivity contribution in [3.63, 3.8) is 0 Å². The molecule has 2 aromatic heterocycles. The van der Waals surface area contributed by atoms with Gasteiger partial charge in [-0.05, 0) is 37.3 Å². The molecule has 0 aliphatic heterocycles. The molecule has 1 amide bonds. The molecule has 0 aliphatic carbocycles. The molecule has 0 aliphatic rings. The zero-order valence-corrected chi connectivity index (χ0v) is 13.1. The Labute approximate surface area is 138 Å². The normalized spacial score (nSPS) is 11.0. The zero-order valence-electron chi connectivity index (χ0n) is 12.3. The summed E-state index contributed by atoms with van der Waals surface area (Å²) in [5.74, 6) is -0.315. The average Bonchev–Trinajstić information content (AvgIpc) is 2.56. The Morgan fingerprint density at radius 2 is 2.00 bits per heavy atom. The first kappa shape index (κ1) is 15.1. The van der Waals surface area contributed by atoms with Crippen LogP contribution >= 0.6 is 11.6 Å². The predicted octanol–water partition coefficient (Wildman–Crippen LogP) is 3.36. The van der Waals surface area contributed by atoms with Crippen LogP contribution in [-0.4, -0.2) is 22.1 Å². The highest BCUT2D eigenvalue weighted by molar-refractivity contribution is 6.32. The molecule has 0 spiro atoms. The van der Waals surface area contributed by atoms with E-state index in [-0.39, 0.29) is 5.91 Å². The van der Waals surface area contributed by atoms with Crippen LogP contribution in [0.25, 0.3) is 10.9 Å². The van der Waals surface area contributed by atoms with Gasteiger partial charge in [0.2, 0.25) is 0 Å². The van der Waals surface area contributed by atoms with Gasteiger partial charge in [-0.15, -0.1) is 0 Å². The summed E-state index contributed by atoms with van der Waals surface area (Å²) in [6, 6.07) is 11.0. The lowest BCUT2D eigenvalue weighted by Crippen LogP contribution is -2.17. The summed E-state index contributed by atoms with van der Waals surface area (Å²) in [6.07, 6.45) is 4.58. The van der Waals surface area contributed by atoms with Crippen molar-refractivity contribution in [3.05, 3.63) is 70.6 Å². The van der Waals surface area contributed by atoms with E-state index in [0.717, 1.165) is 16.5 Å². The molecule has 23 heavy (non-hydrogen) atoms. The second kappa shape index (κ2) is 6.54. The Morgan fingerprint density at radius 1 is 1.22 bits per heavy atom. The van der Waals surface area contributed by atoms with Crippen molar-refractivity contribution in [1.82, 2.24) is 15.4 Å². The molecule has 3 aromatic rings. The van der Waals surface area contributed by atoms with Gasteiger partial charge in [0.1, 0.15) is 5.15 Å². The monoisotopic (exact) mass is 324 g/mol. The van der Waals surface area contributed by atoms with E-state index in [0.29, 0.717) is 16.3 Å². The van der Waals surface area contributed by atoms with Gasteiger partial charge < -0.3 is 0 Å². The molecule has 0 atom stereocenters. The second-order valence-corrected chi connectivity index (χ2v) is 5.36. The van der Waals surface area contributed by atoms with Crippen LogP contribution in [0, 0.1) is 6.92 Å². The van der Waals surface area contributed by atoms with Gasteiger partial charge in [0.25, 0.3) is 5.91 Å². The first-order valence-corrected chi connectivity index (χ1v) is 7.31. The molecule has 114 valence electrons. The van der Waals surface area contributed by atoms with Gasteiger partial charge in [0, 0.05) is 28.9 Å². The van der Waals surface area contributed by atoms with E-state index >= 15 is 0 Å². The van der Waals surface area contributed by atoms with E-state index in [2.05, 4.69) is 20.5 Å². The minimum Gasteiger partial charge on any atom is -0.267 e. The van der Waals surface area contributed by atoms with Gasteiger partial charge in [-0.1, -0.05) is 23.2 Å². The van der Waals surface area contributed by atoms with Crippen LogP contribution in [-0.2, 0) is 0 Å². The molecular weight excluding hydrogens is 312 g/mol. The smallest absolute Gasteiger partial charge is 0.267 e. The molecule has 3 rings (SSSR count). The van der Waals surface area contributed by atoms with E-state index in [1.807, 2.05) is 31.2 Å². The van der Waals surface area contributed by atoms with Crippen LogP contribution in [0.3, 0.4) is 0 Å². The molecule has 5 nitrogen and oxygen atoms in total. The molecule has 0 saturated carbocycles. The Bertz CT molecular complexity index is 894.